The van der Waals surface area contributed by atoms with E-state index in [1.165, 1.54) is 11.3 Å². The third-order valence-corrected chi connectivity index (χ3v) is 4.23. The number of nitro benzene ring substituents is 1. The minimum Gasteiger partial charge on any atom is -0.482 e. The molecule has 0 unspecified atom stereocenters. The van der Waals surface area contributed by atoms with Crippen molar-refractivity contribution in [3.05, 3.63) is 54.9 Å². The van der Waals surface area contributed by atoms with Gasteiger partial charge < -0.3 is 4.74 Å². The molecule has 20 heavy (non-hydrogen) atoms. The molecule has 0 aliphatic carbocycles. The topological polar surface area (TPSA) is 69.4 Å². The summed E-state index contributed by atoms with van der Waals surface area (Å²) in [7, 11) is 0. The Morgan fingerprint density at radius 3 is 2.75 bits per heavy atom. The Labute approximate surface area is 125 Å². The first-order valence-corrected chi connectivity index (χ1v) is 6.99. The SMILES string of the molecule is O=C(COc1ccc([N+](=O)[O-])cc1F)c1sccc1Br. The summed E-state index contributed by atoms with van der Waals surface area (Å²) in [6, 6.07) is 4.72. The fourth-order valence-corrected chi connectivity index (χ4v) is 2.94. The molecule has 0 aliphatic heterocycles. The van der Waals surface area contributed by atoms with Crippen LogP contribution in [-0.4, -0.2) is 17.3 Å². The zero-order chi connectivity index (χ0) is 14.7. The fourth-order valence-electron chi connectivity index (χ4n) is 1.42. The number of rotatable bonds is 5. The third kappa shape index (κ3) is 3.20. The maximum Gasteiger partial charge on any atom is 0.272 e. The van der Waals surface area contributed by atoms with Crippen LogP contribution < -0.4 is 4.74 Å². The van der Waals surface area contributed by atoms with Crippen LogP contribution in [0.25, 0.3) is 0 Å². The molecule has 0 saturated carbocycles. The number of halogens is 2. The van der Waals surface area contributed by atoms with Gasteiger partial charge in [-0.3, -0.25) is 14.9 Å². The molecule has 0 saturated heterocycles. The Morgan fingerprint density at radius 1 is 1.45 bits per heavy atom. The van der Waals surface area contributed by atoms with Crippen LogP contribution in [0.2, 0.25) is 0 Å². The molecule has 0 aliphatic rings. The quantitative estimate of drug-likeness (QED) is 0.462. The molecule has 8 heteroatoms. The van der Waals surface area contributed by atoms with E-state index in [9.17, 15) is 19.3 Å². The van der Waals surface area contributed by atoms with Gasteiger partial charge in [-0.05, 0) is 33.4 Å². The van der Waals surface area contributed by atoms with Gasteiger partial charge in [-0.25, -0.2) is 4.39 Å². The minimum absolute atomic E-state index is 0.198. The van der Waals surface area contributed by atoms with E-state index >= 15 is 0 Å². The molecule has 0 bridgehead atoms. The lowest BCUT2D eigenvalue weighted by Gasteiger charge is -2.05. The monoisotopic (exact) mass is 359 g/mol. The van der Waals surface area contributed by atoms with Crippen molar-refractivity contribution in [1.29, 1.82) is 0 Å². The van der Waals surface area contributed by atoms with Crippen molar-refractivity contribution in [1.82, 2.24) is 0 Å². The van der Waals surface area contributed by atoms with Gasteiger partial charge in [0, 0.05) is 10.5 Å². The molecular weight excluding hydrogens is 353 g/mol. The zero-order valence-electron chi connectivity index (χ0n) is 9.84. The number of nitro groups is 1. The van der Waals surface area contributed by atoms with E-state index in [4.69, 9.17) is 4.74 Å². The number of ether oxygens (including phenoxy) is 1. The van der Waals surface area contributed by atoms with Crippen molar-refractivity contribution in [2.75, 3.05) is 6.61 Å². The third-order valence-electron chi connectivity index (χ3n) is 2.36. The van der Waals surface area contributed by atoms with Crippen LogP contribution in [0, 0.1) is 15.9 Å². The summed E-state index contributed by atoms with van der Waals surface area (Å²) in [5, 5.41) is 12.2. The van der Waals surface area contributed by atoms with Crippen molar-refractivity contribution < 1.29 is 18.8 Å². The Bertz CT molecular complexity index is 673. The lowest BCUT2D eigenvalue weighted by Crippen LogP contribution is -2.11. The number of ketones is 1. The maximum absolute atomic E-state index is 13.5. The van der Waals surface area contributed by atoms with E-state index in [0.29, 0.717) is 9.35 Å². The molecule has 0 atom stereocenters. The Balaban J connectivity index is 2.06. The van der Waals surface area contributed by atoms with Gasteiger partial charge >= 0.3 is 0 Å². The van der Waals surface area contributed by atoms with Gasteiger partial charge in [0.2, 0.25) is 5.78 Å². The van der Waals surface area contributed by atoms with Crippen LogP contribution in [0.3, 0.4) is 0 Å². The van der Waals surface area contributed by atoms with Gasteiger partial charge in [0.1, 0.15) is 0 Å². The minimum atomic E-state index is -0.878. The summed E-state index contributed by atoms with van der Waals surface area (Å²) >= 11 is 4.46. The lowest BCUT2D eigenvalue weighted by atomic mass is 10.3. The van der Waals surface area contributed by atoms with Gasteiger partial charge in [-0.1, -0.05) is 0 Å². The van der Waals surface area contributed by atoms with E-state index < -0.39 is 10.7 Å². The van der Waals surface area contributed by atoms with Gasteiger partial charge in [-0.15, -0.1) is 11.3 Å². The van der Waals surface area contributed by atoms with Gasteiger partial charge in [0.05, 0.1) is 15.9 Å². The Morgan fingerprint density at radius 2 is 2.20 bits per heavy atom. The molecule has 2 aromatic rings. The van der Waals surface area contributed by atoms with Gasteiger partial charge in [-0.2, -0.15) is 0 Å². The van der Waals surface area contributed by atoms with Crippen LogP contribution in [-0.2, 0) is 0 Å². The molecule has 104 valence electrons. The van der Waals surface area contributed by atoms with Gasteiger partial charge in [0.15, 0.2) is 18.2 Å². The van der Waals surface area contributed by atoms with Crippen LogP contribution >= 0.6 is 27.3 Å². The average molecular weight is 360 g/mol. The first-order valence-electron chi connectivity index (χ1n) is 5.32. The number of Topliss-reactive ketones (excluding diaryl/α,β-unsaturated/α-hetero) is 1. The molecule has 1 heterocycles. The van der Waals surface area contributed by atoms with Crippen molar-refractivity contribution in [3.8, 4) is 5.75 Å². The van der Waals surface area contributed by atoms with Crippen LogP contribution in [0.1, 0.15) is 9.67 Å². The molecule has 5 nitrogen and oxygen atoms in total. The highest BCUT2D eigenvalue weighted by Gasteiger charge is 2.15. The maximum atomic E-state index is 13.5. The summed E-state index contributed by atoms with van der Waals surface area (Å²) < 4.78 is 19.2. The van der Waals surface area contributed by atoms with E-state index in [1.54, 1.807) is 11.4 Å². The smallest absolute Gasteiger partial charge is 0.272 e. The number of hydrogen-bond donors (Lipinski definition) is 0. The average Bonchev–Trinajstić information content (AvgIpc) is 2.83. The standard InChI is InChI=1S/C12H7BrFNO4S/c13-8-3-4-20-12(8)10(16)6-19-11-2-1-7(15(17)18)5-9(11)14/h1-5H,6H2. The molecule has 0 spiro atoms. The summed E-state index contributed by atoms with van der Waals surface area (Å²) in [5.41, 5.74) is -0.373. The van der Waals surface area contributed by atoms with Crippen molar-refractivity contribution in [2.24, 2.45) is 0 Å². The number of thiophene rings is 1. The van der Waals surface area contributed by atoms with Crippen LogP contribution in [0.5, 0.6) is 5.75 Å². The number of non-ortho nitro benzene ring substituents is 1. The highest BCUT2D eigenvalue weighted by atomic mass is 79.9. The number of carbonyl (C=O) groups is 1. The van der Waals surface area contributed by atoms with E-state index in [2.05, 4.69) is 15.9 Å². The van der Waals surface area contributed by atoms with Crippen molar-refractivity contribution in [3.63, 3.8) is 0 Å². The Hall–Kier alpha value is -1.80. The molecule has 0 N–H and O–H groups in total. The van der Waals surface area contributed by atoms with E-state index in [0.717, 1.165) is 18.2 Å². The summed E-state index contributed by atoms with van der Waals surface area (Å²) in [5.74, 6) is -1.38. The zero-order valence-corrected chi connectivity index (χ0v) is 12.2. The van der Waals surface area contributed by atoms with Crippen LogP contribution in [0.15, 0.2) is 34.1 Å². The second-order valence-electron chi connectivity index (χ2n) is 3.68. The molecule has 0 radical (unpaired) electrons. The Kier molecular flexibility index (Phi) is 4.46. The largest absolute Gasteiger partial charge is 0.482 e. The van der Waals surface area contributed by atoms with E-state index in [-0.39, 0.29) is 23.8 Å². The second-order valence-corrected chi connectivity index (χ2v) is 5.45. The number of carbonyl (C=O) groups excluding carboxylic acids is 1. The normalized spacial score (nSPS) is 10.3. The first-order chi connectivity index (χ1) is 9.49. The highest BCUT2D eigenvalue weighted by Crippen LogP contribution is 2.25. The molecule has 0 fully saturated rings. The molecule has 2 rings (SSSR count). The number of hydrogen-bond acceptors (Lipinski definition) is 5. The van der Waals surface area contributed by atoms with E-state index in [1.807, 2.05) is 0 Å². The van der Waals surface area contributed by atoms with Crippen molar-refractivity contribution in [2.45, 2.75) is 0 Å². The lowest BCUT2D eigenvalue weighted by molar-refractivity contribution is -0.385. The predicted molar refractivity (Wildman–Crippen MR) is 74.9 cm³/mol. The summed E-state index contributed by atoms with van der Waals surface area (Å²) in [4.78, 5) is 22.0. The van der Waals surface area contributed by atoms with Gasteiger partial charge in [0.25, 0.3) is 5.69 Å². The first kappa shape index (κ1) is 14.6. The molecule has 1 aromatic carbocycles. The predicted octanol–water partition coefficient (Wildman–Crippen LogP) is 3.82. The number of nitrogens with zero attached hydrogens (tertiary/aromatic N) is 1. The second kappa shape index (κ2) is 6.10. The highest BCUT2D eigenvalue weighted by molar-refractivity contribution is 9.10. The number of benzene rings is 1. The summed E-state index contributed by atoms with van der Waals surface area (Å²) in [6.45, 7) is -0.339. The molecule has 0 amide bonds. The van der Waals surface area contributed by atoms with Crippen molar-refractivity contribution >= 4 is 38.7 Å². The van der Waals surface area contributed by atoms with Crippen LogP contribution in [0.4, 0.5) is 10.1 Å². The summed E-state index contributed by atoms with van der Waals surface area (Å²) in [6.07, 6.45) is 0. The molecule has 1 aromatic heterocycles. The fraction of sp³-hybridized carbons (Fsp3) is 0.0833. The molecular formula is C12H7BrFNO4S.